The summed E-state index contributed by atoms with van der Waals surface area (Å²) in [4.78, 5) is 28.8. The van der Waals surface area contributed by atoms with Gasteiger partial charge in [0.25, 0.3) is 0 Å². The Kier molecular flexibility index (Phi) is 10.8. The Hall–Kier alpha value is -3.27. The molecule has 43 heavy (non-hydrogen) atoms. The van der Waals surface area contributed by atoms with Crippen LogP contribution in [0.25, 0.3) is 6.08 Å². The molecule has 9 heteroatoms. The summed E-state index contributed by atoms with van der Waals surface area (Å²) in [7, 11) is 0. The Morgan fingerprint density at radius 3 is 2.53 bits per heavy atom. The van der Waals surface area contributed by atoms with Crippen LogP contribution in [0.5, 0.6) is 0 Å². The van der Waals surface area contributed by atoms with E-state index in [2.05, 4.69) is 49.7 Å². The minimum atomic E-state index is -0.946. The van der Waals surface area contributed by atoms with Gasteiger partial charge in [0, 0.05) is 63.0 Å². The molecule has 0 aliphatic carbocycles. The van der Waals surface area contributed by atoms with E-state index in [4.69, 9.17) is 10.1 Å². The van der Waals surface area contributed by atoms with Crippen molar-refractivity contribution in [2.75, 3.05) is 32.7 Å². The van der Waals surface area contributed by atoms with Gasteiger partial charge in [-0.1, -0.05) is 38.1 Å². The molecule has 232 valence electrons. The van der Waals surface area contributed by atoms with E-state index in [-0.39, 0.29) is 6.04 Å². The molecule has 0 radical (unpaired) electrons. The number of hydrogen-bond donors (Lipinski definition) is 3. The molecule has 2 aliphatic heterocycles. The van der Waals surface area contributed by atoms with Gasteiger partial charge in [-0.15, -0.1) is 0 Å². The lowest BCUT2D eigenvalue weighted by atomic mass is 9.77. The first kappa shape index (κ1) is 31.2. The van der Waals surface area contributed by atoms with Gasteiger partial charge in [-0.05, 0) is 87.3 Å². The van der Waals surface area contributed by atoms with Crippen LogP contribution in [0.4, 0.5) is 0 Å². The fraction of sp³-hybridized carbons (Fsp3) is 0.559. The Bertz CT molecular complexity index is 1290. The van der Waals surface area contributed by atoms with Gasteiger partial charge in [0.05, 0.1) is 6.04 Å². The highest BCUT2D eigenvalue weighted by Crippen LogP contribution is 2.41. The molecule has 1 unspecified atom stereocenters. The zero-order valence-electron chi connectivity index (χ0n) is 25.9. The van der Waals surface area contributed by atoms with Gasteiger partial charge in [-0.3, -0.25) is 0 Å². The lowest BCUT2D eigenvalue weighted by molar-refractivity contribution is -0.131. The van der Waals surface area contributed by atoms with Crippen molar-refractivity contribution < 1.29 is 9.90 Å². The summed E-state index contributed by atoms with van der Waals surface area (Å²) in [6.07, 6.45) is 18.9. The summed E-state index contributed by atoms with van der Waals surface area (Å²) >= 11 is 0. The quantitative estimate of drug-likeness (QED) is 0.212. The summed E-state index contributed by atoms with van der Waals surface area (Å²) in [5, 5.41) is 12.5. The van der Waals surface area contributed by atoms with E-state index in [0.29, 0.717) is 12.0 Å². The van der Waals surface area contributed by atoms with Crippen LogP contribution in [0.15, 0.2) is 55.1 Å². The molecule has 9 nitrogen and oxygen atoms in total. The summed E-state index contributed by atoms with van der Waals surface area (Å²) < 4.78 is 2.31. The third-order valence-corrected chi connectivity index (χ3v) is 9.70. The predicted molar refractivity (Wildman–Crippen MR) is 170 cm³/mol. The second-order valence-corrected chi connectivity index (χ2v) is 12.4. The molecule has 0 amide bonds. The number of aromatic amines is 1. The lowest BCUT2D eigenvalue weighted by Crippen LogP contribution is -2.45. The van der Waals surface area contributed by atoms with Crippen LogP contribution in [0.1, 0.15) is 81.2 Å². The number of benzene rings is 1. The number of rotatable bonds is 15. The van der Waals surface area contributed by atoms with Gasteiger partial charge in [-0.2, -0.15) is 0 Å². The minimum absolute atomic E-state index is 0.00736. The zero-order valence-corrected chi connectivity index (χ0v) is 25.9. The monoisotopic (exact) mass is 587 g/mol. The summed E-state index contributed by atoms with van der Waals surface area (Å²) in [5.41, 5.74) is 2.53. The van der Waals surface area contributed by atoms with Crippen LogP contribution >= 0.6 is 0 Å². The number of hydrogen-bond acceptors (Lipinski definition) is 6. The van der Waals surface area contributed by atoms with Crippen LogP contribution < -0.4 is 5.32 Å². The van der Waals surface area contributed by atoms with Crippen molar-refractivity contribution in [1.29, 1.82) is 0 Å². The highest BCUT2D eigenvalue weighted by molar-refractivity contribution is 5.85. The highest BCUT2D eigenvalue weighted by atomic mass is 16.4. The van der Waals surface area contributed by atoms with Gasteiger partial charge in [0.1, 0.15) is 11.6 Å². The molecule has 1 aromatic carbocycles. The van der Waals surface area contributed by atoms with E-state index < -0.39 is 5.97 Å². The van der Waals surface area contributed by atoms with E-state index in [1.54, 1.807) is 12.3 Å². The number of nitrogens with one attached hydrogen (secondary N) is 2. The predicted octanol–water partition coefficient (Wildman–Crippen LogP) is 5.14. The maximum atomic E-state index is 10.8. The maximum Gasteiger partial charge on any atom is 0.328 e. The summed E-state index contributed by atoms with van der Waals surface area (Å²) in [5.74, 6) is 1.02. The molecule has 0 saturated carbocycles. The lowest BCUT2D eigenvalue weighted by Gasteiger charge is -2.42. The molecular weight excluding hydrogens is 538 g/mol. The standard InChI is InChI=1S/C34H49N7O2/c1-3-29(4-2)40-21-13-34(14-22-40)12-20-39(26-34)18-5-19-41-23-17-35-31(41)24-30(33-36-15-16-37-33)38-25-28-8-6-27(7-9-28)10-11-32(42)43/h6-11,15-17,23,29-30,38H,3-5,12-14,18-22,24-26H2,1-2H3,(H,36,37)(H,42,43)/b11-10+. The van der Waals surface area contributed by atoms with Gasteiger partial charge in [0.15, 0.2) is 0 Å². The number of carboxylic acids is 1. The largest absolute Gasteiger partial charge is 0.478 e. The van der Waals surface area contributed by atoms with Crippen molar-refractivity contribution in [3.63, 3.8) is 0 Å². The van der Waals surface area contributed by atoms with E-state index in [1.807, 2.05) is 36.7 Å². The number of aromatic nitrogens is 4. The number of aryl methyl sites for hydroxylation is 1. The Balaban J connectivity index is 1.11. The molecular formula is C34H49N7O2. The van der Waals surface area contributed by atoms with Crippen LogP contribution in [-0.2, 0) is 24.3 Å². The van der Waals surface area contributed by atoms with Crippen LogP contribution in [0, 0.1) is 5.41 Å². The second-order valence-electron chi connectivity index (χ2n) is 12.4. The molecule has 1 atom stereocenters. The molecule has 5 rings (SSSR count). The van der Waals surface area contributed by atoms with Crippen molar-refractivity contribution in [2.24, 2.45) is 5.41 Å². The Morgan fingerprint density at radius 1 is 1.07 bits per heavy atom. The molecule has 2 fully saturated rings. The third kappa shape index (κ3) is 8.43. The topological polar surface area (TPSA) is 102 Å². The van der Waals surface area contributed by atoms with Crippen LogP contribution in [0.2, 0.25) is 0 Å². The molecule has 2 aromatic heterocycles. The van der Waals surface area contributed by atoms with Crippen molar-refractivity contribution in [1.82, 2.24) is 34.6 Å². The molecule has 4 heterocycles. The van der Waals surface area contributed by atoms with Gasteiger partial charge >= 0.3 is 5.97 Å². The van der Waals surface area contributed by atoms with Crippen molar-refractivity contribution in [3.8, 4) is 0 Å². The molecule has 3 aromatic rings. The normalized spacial score (nSPS) is 18.3. The van der Waals surface area contributed by atoms with E-state index in [0.717, 1.165) is 60.8 Å². The van der Waals surface area contributed by atoms with Crippen molar-refractivity contribution >= 4 is 12.0 Å². The Labute approximate surface area is 256 Å². The first-order valence-corrected chi connectivity index (χ1v) is 16.2. The average Bonchev–Trinajstić information content (AvgIpc) is 3.79. The van der Waals surface area contributed by atoms with E-state index in [9.17, 15) is 4.79 Å². The average molecular weight is 588 g/mol. The number of piperidine rings is 1. The second kappa shape index (κ2) is 14.9. The number of carbonyl (C=O) groups is 1. The maximum absolute atomic E-state index is 10.8. The van der Waals surface area contributed by atoms with E-state index >= 15 is 0 Å². The molecule has 1 spiro atoms. The smallest absolute Gasteiger partial charge is 0.328 e. The number of likely N-dealkylation sites (tertiary alicyclic amines) is 2. The first-order chi connectivity index (χ1) is 21.0. The van der Waals surface area contributed by atoms with Gasteiger partial charge in [-0.25, -0.2) is 14.8 Å². The summed E-state index contributed by atoms with van der Waals surface area (Å²) in [6, 6.07) is 8.67. The third-order valence-electron chi connectivity index (χ3n) is 9.70. The number of nitrogens with zero attached hydrogens (tertiary/aromatic N) is 5. The fourth-order valence-electron chi connectivity index (χ4n) is 7.06. The Morgan fingerprint density at radius 2 is 1.84 bits per heavy atom. The fourth-order valence-corrected chi connectivity index (χ4v) is 7.06. The molecule has 2 saturated heterocycles. The molecule has 3 N–H and O–H groups in total. The zero-order chi connectivity index (χ0) is 30.1. The number of H-pyrrole nitrogens is 1. The highest BCUT2D eigenvalue weighted by Gasteiger charge is 2.40. The molecule has 0 bridgehead atoms. The number of imidazole rings is 2. The summed E-state index contributed by atoms with van der Waals surface area (Å²) in [6.45, 7) is 12.5. The first-order valence-electron chi connectivity index (χ1n) is 16.2. The number of aliphatic carboxylic acids is 1. The van der Waals surface area contributed by atoms with E-state index in [1.165, 1.54) is 58.3 Å². The number of carboxylic acid groups (broad SMARTS) is 1. The van der Waals surface area contributed by atoms with Gasteiger partial charge < -0.3 is 29.8 Å². The van der Waals surface area contributed by atoms with Crippen LogP contribution in [-0.4, -0.2) is 79.2 Å². The van der Waals surface area contributed by atoms with Crippen molar-refractivity contribution in [3.05, 3.63) is 77.9 Å². The molecule has 2 aliphatic rings. The van der Waals surface area contributed by atoms with Crippen LogP contribution in [0.3, 0.4) is 0 Å². The minimum Gasteiger partial charge on any atom is -0.478 e. The SMILES string of the molecule is CCC(CC)N1CCC2(CCN(CCCn3ccnc3CC(NCc3ccc(/C=C/C(=O)O)cc3)c3ncc[nH]3)C2)CC1. The van der Waals surface area contributed by atoms with Gasteiger partial charge in [0.2, 0.25) is 0 Å². The van der Waals surface area contributed by atoms with Crippen molar-refractivity contribution in [2.45, 2.75) is 84.0 Å².